The Bertz CT molecular complexity index is 401. The van der Waals surface area contributed by atoms with Crippen LogP contribution in [-0.2, 0) is 0 Å². The minimum atomic E-state index is -3.05. The number of hydrogen-bond acceptors (Lipinski definition) is 4. The molecular formula is C9H24N4. The lowest BCUT2D eigenvalue weighted by atomic mass is 10.3. The van der Waals surface area contributed by atoms with Crippen molar-refractivity contribution in [2.24, 2.45) is 11.5 Å². The molecule has 0 radical (unpaired) electrons. The molecule has 0 bridgehead atoms. The Morgan fingerprint density at radius 3 is 1.77 bits per heavy atom. The molecule has 0 saturated carbocycles. The van der Waals surface area contributed by atoms with Gasteiger partial charge in [-0.25, -0.2) is 0 Å². The Kier molecular flexibility index (Phi) is 2.88. The summed E-state index contributed by atoms with van der Waals surface area (Å²) in [6, 6.07) is 0. The highest BCUT2D eigenvalue weighted by Crippen LogP contribution is 1.76. The standard InChI is InChI=1S/C9H24N4/c10-4-1-6-12-8-3-9-13-7-2-5-11/h12-13H,1-11H2/i1D2,2D2,4D2,5D2,6D2,7D2. The quantitative estimate of drug-likeness (QED) is 0.350. The van der Waals surface area contributed by atoms with E-state index >= 15 is 0 Å². The summed E-state index contributed by atoms with van der Waals surface area (Å²) in [5.41, 5.74) is 10.0. The summed E-state index contributed by atoms with van der Waals surface area (Å²) in [7, 11) is 0. The molecule has 0 aliphatic rings. The van der Waals surface area contributed by atoms with E-state index in [1.807, 2.05) is 0 Å². The summed E-state index contributed by atoms with van der Waals surface area (Å²) < 4.78 is 88.7. The predicted molar refractivity (Wildman–Crippen MR) is 57.7 cm³/mol. The van der Waals surface area contributed by atoms with Crippen molar-refractivity contribution in [1.29, 1.82) is 0 Å². The average molecular weight is 200 g/mol. The number of nitrogens with two attached hydrogens (primary N) is 2. The van der Waals surface area contributed by atoms with E-state index in [-0.39, 0.29) is 19.5 Å². The monoisotopic (exact) mass is 200 g/mol. The van der Waals surface area contributed by atoms with Crippen molar-refractivity contribution >= 4 is 0 Å². The molecule has 4 heteroatoms. The Labute approximate surface area is 98.3 Å². The molecular weight excluding hydrogens is 164 g/mol. The van der Waals surface area contributed by atoms with Crippen LogP contribution in [0.4, 0.5) is 0 Å². The van der Waals surface area contributed by atoms with Crippen LogP contribution in [0.1, 0.15) is 35.6 Å². The van der Waals surface area contributed by atoms with Crippen molar-refractivity contribution in [2.45, 2.75) is 19.2 Å². The van der Waals surface area contributed by atoms with Crippen molar-refractivity contribution in [3.63, 3.8) is 0 Å². The van der Waals surface area contributed by atoms with Gasteiger partial charge in [0.15, 0.2) is 0 Å². The number of hydrogen-bond donors (Lipinski definition) is 4. The molecule has 0 atom stereocenters. The van der Waals surface area contributed by atoms with E-state index in [4.69, 9.17) is 27.9 Å². The summed E-state index contributed by atoms with van der Waals surface area (Å²) in [4.78, 5) is 0. The second-order valence-corrected chi connectivity index (χ2v) is 2.00. The number of nitrogens with one attached hydrogen (secondary N) is 2. The maximum Gasteiger partial charge on any atom is 0.0428 e. The van der Waals surface area contributed by atoms with Gasteiger partial charge in [-0.05, 0) is 58.2 Å². The first-order valence-corrected chi connectivity index (χ1v) is 3.78. The van der Waals surface area contributed by atoms with E-state index in [1.165, 1.54) is 0 Å². The molecule has 0 aliphatic heterocycles. The Morgan fingerprint density at radius 2 is 1.38 bits per heavy atom. The van der Waals surface area contributed by atoms with Crippen LogP contribution < -0.4 is 22.1 Å². The fraction of sp³-hybridized carbons (Fsp3) is 1.00. The van der Waals surface area contributed by atoms with Gasteiger partial charge in [0.2, 0.25) is 0 Å². The topological polar surface area (TPSA) is 76.1 Å². The van der Waals surface area contributed by atoms with Crippen molar-refractivity contribution in [1.82, 2.24) is 10.6 Å². The molecule has 0 saturated heterocycles. The SMILES string of the molecule is [2H]C([2H])(N)C([2H])([2H])C([2H])([2H])NCCCNC([2H])([2H])C([2H])([2H])C([2H])([2H])N. The van der Waals surface area contributed by atoms with Gasteiger partial charge < -0.3 is 22.1 Å². The van der Waals surface area contributed by atoms with Crippen molar-refractivity contribution in [3.8, 4) is 0 Å². The molecule has 0 aromatic carbocycles. The fourth-order valence-electron chi connectivity index (χ4n) is 0.551. The summed E-state index contributed by atoms with van der Waals surface area (Å²) in [5, 5.41) is 4.29. The van der Waals surface area contributed by atoms with Crippen LogP contribution in [0.15, 0.2) is 0 Å². The molecule has 0 heterocycles. The molecule has 0 aliphatic carbocycles. The van der Waals surface area contributed by atoms with Crippen LogP contribution in [-0.4, -0.2) is 39.1 Å². The second-order valence-electron chi connectivity index (χ2n) is 2.00. The zero-order valence-electron chi connectivity index (χ0n) is 19.3. The third-order valence-corrected chi connectivity index (χ3v) is 1.05. The smallest absolute Gasteiger partial charge is 0.0428 e. The Hall–Kier alpha value is -0.160. The maximum atomic E-state index is 7.56. The molecule has 0 rings (SSSR count). The summed E-state index contributed by atoms with van der Waals surface area (Å²) >= 11 is 0. The molecule has 0 aromatic heterocycles. The van der Waals surface area contributed by atoms with E-state index < -0.39 is 38.7 Å². The van der Waals surface area contributed by atoms with Gasteiger partial charge in [0.1, 0.15) is 0 Å². The zero-order valence-corrected chi connectivity index (χ0v) is 7.28. The molecule has 0 spiro atoms. The molecule has 0 amide bonds. The highest BCUT2D eigenvalue weighted by atomic mass is 14.9. The zero-order chi connectivity index (χ0) is 20.5. The van der Waals surface area contributed by atoms with Gasteiger partial charge in [-0.3, -0.25) is 0 Å². The van der Waals surface area contributed by atoms with Crippen LogP contribution in [0.5, 0.6) is 0 Å². The van der Waals surface area contributed by atoms with E-state index in [2.05, 4.69) is 10.6 Å². The van der Waals surface area contributed by atoms with Crippen molar-refractivity contribution in [3.05, 3.63) is 0 Å². The van der Waals surface area contributed by atoms with Crippen LogP contribution in [0, 0.1) is 0 Å². The maximum absolute atomic E-state index is 7.56. The van der Waals surface area contributed by atoms with Gasteiger partial charge >= 0.3 is 0 Å². The molecule has 4 nitrogen and oxygen atoms in total. The first-order valence-electron chi connectivity index (χ1n) is 9.78. The molecule has 13 heavy (non-hydrogen) atoms. The van der Waals surface area contributed by atoms with E-state index in [1.54, 1.807) is 0 Å². The Morgan fingerprint density at radius 1 is 0.923 bits per heavy atom. The van der Waals surface area contributed by atoms with Crippen LogP contribution in [0.2, 0.25) is 0 Å². The first-order chi connectivity index (χ1) is 10.7. The van der Waals surface area contributed by atoms with Gasteiger partial charge in [0, 0.05) is 16.4 Å². The minimum absolute atomic E-state index is 0.00627. The predicted octanol–water partition coefficient (Wildman–Crippen LogP) is -0.747. The van der Waals surface area contributed by atoms with Gasteiger partial charge in [0.05, 0.1) is 0 Å². The van der Waals surface area contributed by atoms with Crippen molar-refractivity contribution in [2.75, 3.05) is 39.1 Å². The van der Waals surface area contributed by atoms with Crippen molar-refractivity contribution < 1.29 is 16.4 Å². The average Bonchev–Trinajstić information content (AvgIpc) is 2.34. The number of rotatable bonds is 10. The van der Waals surface area contributed by atoms with E-state index in [0.29, 0.717) is 0 Å². The summed E-state index contributed by atoms with van der Waals surface area (Å²) in [6.45, 7) is -11.9. The lowest BCUT2D eigenvalue weighted by Gasteiger charge is -2.04. The fourth-order valence-corrected chi connectivity index (χ4v) is 0.551. The highest BCUT2D eigenvalue weighted by Gasteiger charge is 1.88. The third-order valence-electron chi connectivity index (χ3n) is 1.05. The summed E-state index contributed by atoms with van der Waals surface area (Å²) in [6.07, 6.45) is -6.09. The lowest BCUT2D eigenvalue weighted by Crippen LogP contribution is -2.25. The van der Waals surface area contributed by atoms with Crippen LogP contribution in [0.3, 0.4) is 0 Å². The van der Waals surface area contributed by atoms with E-state index in [0.717, 1.165) is 0 Å². The first kappa shape index (κ1) is 3.17. The molecule has 80 valence electrons. The summed E-state index contributed by atoms with van der Waals surface area (Å²) in [5.74, 6) is 0. The molecule has 0 aromatic rings. The van der Waals surface area contributed by atoms with Gasteiger partial charge in [-0.15, -0.1) is 0 Å². The van der Waals surface area contributed by atoms with Gasteiger partial charge in [0.25, 0.3) is 0 Å². The molecule has 6 N–H and O–H groups in total. The van der Waals surface area contributed by atoms with Gasteiger partial charge in [-0.2, -0.15) is 0 Å². The van der Waals surface area contributed by atoms with Crippen LogP contribution >= 0.6 is 0 Å². The van der Waals surface area contributed by atoms with Crippen LogP contribution in [0.25, 0.3) is 0 Å². The largest absolute Gasteiger partial charge is 0.330 e. The normalized spacial score (nSPS) is 30.9. The van der Waals surface area contributed by atoms with Gasteiger partial charge in [-0.1, -0.05) is 0 Å². The third kappa shape index (κ3) is 11.8. The highest BCUT2D eigenvalue weighted by molar-refractivity contribution is 4.52. The molecule has 0 unspecified atom stereocenters. The minimum Gasteiger partial charge on any atom is -0.330 e. The Balaban J connectivity index is 4.62. The van der Waals surface area contributed by atoms with E-state index in [9.17, 15) is 0 Å². The second kappa shape index (κ2) is 11.8. The lowest BCUT2D eigenvalue weighted by molar-refractivity contribution is 0.579. The molecule has 0 fully saturated rings.